The zero-order chi connectivity index (χ0) is 14.3. The summed E-state index contributed by atoms with van der Waals surface area (Å²) in [5.41, 5.74) is -0.0449. The van der Waals surface area contributed by atoms with Crippen LogP contribution in [0.5, 0.6) is 0 Å². The van der Waals surface area contributed by atoms with Crippen molar-refractivity contribution in [3.05, 3.63) is 38.9 Å². The van der Waals surface area contributed by atoms with Crippen molar-refractivity contribution in [2.24, 2.45) is 0 Å². The largest absolute Gasteiger partial charge is 0.385 e. The highest BCUT2D eigenvalue weighted by Gasteiger charge is 2.15. The summed E-state index contributed by atoms with van der Waals surface area (Å²) >= 11 is 5.67. The van der Waals surface area contributed by atoms with Crippen LogP contribution in [-0.2, 0) is 4.74 Å². The third-order valence-electron chi connectivity index (χ3n) is 2.47. The number of amides is 1. The number of ether oxygens (including phenoxy) is 1. The maximum Gasteiger partial charge on any atom is 0.288 e. The molecule has 0 aliphatic heterocycles. The maximum absolute atomic E-state index is 11.8. The smallest absolute Gasteiger partial charge is 0.288 e. The van der Waals surface area contributed by atoms with Crippen LogP contribution in [0.4, 0.5) is 5.69 Å². The van der Waals surface area contributed by atoms with Crippen LogP contribution in [0, 0.1) is 10.1 Å². The molecule has 0 saturated heterocycles. The van der Waals surface area contributed by atoms with Crippen molar-refractivity contribution < 1.29 is 14.5 Å². The number of nitro groups is 1. The van der Waals surface area contributed by atoms with Gasteiger partial charge in [0.2, 0.25) is 0 Å². The molecule has 1 rings (SSSR count). The highest BCUT2D eigenvalue weighted by Crippen LogP contribution is 2.24. The normalized spacial score (nSPS) is 10.2. The molecular weight excluding hydrogens is 272 g/mol. The lowest BCUT2D eigenvalue weighted by Gasteiger charge is -2.05. The Morgan fingerprint density at radius 1 is 1.47 bits per heavy atom. The summed E-state index contributed by atoms with van der Waals surface area (Å²) in [5, 5.41) is 13.4. The zero-order valence-electron chi connectivity index (χ0n) is 10.5. The van der Waals surface area contributed by atoms with Gasteiger partial charge in [-0.3, -0.25) is 14.9 Å². The third kappa shape index (κ3) is 4.84. The van der Waals surface area contributed by atoms with Gasteiger partial charge in [-0.25, -0.2) is 0 Å². The first-order valence-electron chi connectivity index (χ1n) is 5.77. The number of nitrogens with one attached hydrogen (secondary N) is 1. The van der Waals surface area contributed by atoms with Crippen molar-refractivity contribution >= 4 is 23.2 Å². The van der Waals surface area contributed by atoms with Gasteiger partial charge in [-0.2, -0.15) is 0 Å². The van der Waals surface area contributed by atoms with E-state index >= 15 is 0 Å². The van der Waals surface area contributed by atoms with Crippen LogP contribution in [-0.4, -0.2) is 31.1 Å². The molecule has 104 valence electrons. The molecule has 0 atom stereocenters. The van der Waals surface area contributed by atoms with Crippen LogP contribution < -0.4 is 5.32 Å². The van der Waals surface area contributed by atoms with E-state index in [9.17, 15) is 14.9 Å². The molecule has 0 bridgehead atoms. The second-order valence-corrected chi connectivity index (χ2v) is 4.29. The van der Waals surface area contributed by atoms with Crippen LogP contribution in [0.25, 0.3) is 0 Å². The van der Waals surface area contributed by atoms with E-state index in [-0.39, 0.29) is 22.2 Å². The Hall–Kier alpha value is -1.66. The molecule has 19 heavy (non-hydrogen) atoms. The molecule has 1 aromatic carbocycles. The van der Waals surface area contributed by atoms with Gasteiger partial charge in [0, 0.05) is 31.9 Å². The molecule has 0 aliphatic carbocycles. The number of hydrogen-bond acceptors (Lipinski definition) is 4. The Balaban J connectivity index is 2.57. The lowest BCUT2D eigenvalue weighted by atomic mass is 10.2. The molecule has 1 amide bonds. The molecule has 1 N–H and O–H groups in total. The van der Waals surface area contributed by atoms with E-state index in [0.29, 0.717) is 13.2 Å². The van der Waals surface area contributed by atoms with Gasteiger partial charge in [-0.1, -0.05) is 11.6 Å². The summed E-state index contributed by atoms with van der Waals surface area (Å²) in [4.78, 5) is 21.8. The molecule has 0 saturated carbocycles. The van der Waals surface area contributed by atoms with Crippen molar-refractivity contribution in [3.63, 3.8) is 0 Å². The minimum atomic E-state index is -0.613. The molecule has 1 aromatic rings. The summed E-state index contributed by atoms with van der Waals surface area (Å²) in [6.45, 7) is 1.14. The van der Waals surface area contributed by atoms with Gasteiger partial charge >= 0.3 is 0 Å². The molecule has 0 fully saturated rings. The van der Waals surface area contributed by atoms with Crippen molar-refractivity contribution in [3.8, 4) is 0 Å². The first-order chi connectivity index (χ1) is 9.06. The number of nitrogens with zero attached hydrogens (tertiary/aromatic N) is 1. The minimum absolute atomic E-state index is 0.0154. The van der Waals surface area contributed by atoms with E-state index in [1.807, 2.05) is 0 Å². The maximum atomic E-state index is 11.8. The zero-order valence-corrected chi connectivity index (χ0v) is 11.3. The minimum Gasteiger partial charge on any atom is -0.385 e. The molecule has 7 heteroatoms. The van der Waals surface area contributed by atoms with Gasteiger partial charge in [-0.15, -0.1) is 0 Å². The number of carbonyl (C=O) groups is 1. The average molecular weight is 287 g/mol. The first kappa shape index (κ1) is 15.4. The van der Waals surface area contributed by atoms with Gasteiger partial charge in [0.15, 0.2) is 0 Å². The second-order valence-electron chi connectivity index (χ2n) is 3.88. The fourth-order valence-electron chi connectivity index (χ4n) is 1.47. The lowest BCUT2D eigenvalue weighted by molar-refractivity contribution is -0.384. The Morgan fingerprint density at radius 2 is 2.21 bits per heavy atom. The molecule has 6 nitrogen and oxygen atoms in total. The average Bonchev–Trinajstić information content (AvgIpc) is 2.38. The predicted octanol–water partition coefficient (Wildman–Crippen LogP) is 2.40. The number of rotatable bonds is 7. The lowest BCUT2D eigenvalue weighted by Crippen LogP contribution is -2.24. The van der Waals surface area contributed by atoms with E-state index in [1.54, 1.807) is 7.11 Å². The molecule has 0 radical (unpaired) electrons. The van der Waals surface area contributed by atoms with Crippen LogP contribution in [0.1, 0.15) is 23.2 Å². The number of benzene rings is 1. The summed E-state index contributed by atoms with van der Waals surface area (Å²) in [6, 6.07) is 3.98. The van der Waals surface area contributed by atoms with E-state index in [2.05, 4.69) is 5.32 Å². The quantitative estimate of drug-likeness (QED) is 0.474. The Bertz CT molecular complexity index is 465. The molecule has 0 heterocycles. The number of unbranched alkanes of at least 4 members (excludes halogenated alkanes) is 1. The number of methoxy groups -OCH3 is 1. The Labute approximate surface area is 115 Å². The topological polar surface area (TPSA) is 81.5 Å². The Morgan fingerprint density at radius 3 is 2.84 bits per heavy atom. The van der Waals surface area contributed by atoms with Crippen LogP contribution in [0.3, 0.4) is 0 Å². The van der Waals surface area contributed by atoms with E-state index in [0.717, 1.165) is 12.8 Å². The summed E-state index contributed by atoms with van der Waals surface area (Å²) in [6.07, 6.45) is 1.63. The van der Waals surface area contributed by atoms with Gasteiger partial charge in [-0.05, 0) is 25.0 Å². The van der Waals surface area contributed by atoms with Gasteiger partial charge in [0.1, 0.15) is 5.02 Å². The number of halogens is 1. The number of hydrogen-bond donors (Lipinski definition) is 1. The van der Waals surface area contributed by atoms with Crippen molar-refractivity contribution in [2.45, 2.75) is 12.8 Å². The summed E-state index contributed by atoms with van der Waals surface area (Å²) < 4.78 is 4.89. The van der Waals surface area contributed by atoms with E-state index in [4.69, 9.17) is 16.3 Å². The third-order valence-corrected chi connectivity index (χ3v) is 2.79. The first-order valence-corrected chi connectivity index (χ1v) is 6.15. The molecule has 0 aromatic heterocycles. The molecule has 0 spiro atoms. The van der Waals surface area contributed by atoms with E-state index in [1.165, 1.54) is 18.2 Å². The SMILES string of the molecule is COCCCCNC(=O)c1ccc(Cl)c([N+](=O)[O-])c1. The summed E-state index contributed by atoms with van der Waals surface area (Å²) in [5.74, 6) is -0.350. The van der Waals surface area contributed by atoms with Crippen LogP contribution in [0.15, 0.2) is 18.2 Å². The second kappa shape index (κ2) is 7.70. The van der Waals surface area contributed by atoms with Crippen molar-refractivity contribution in [2.75, 3.05) is 20.3 Å². The predicted molar refractivity (Wildman–Crippen MR) is 71.5 cm³/mol. The fraction of sp³-hybridized carbons (Fsp3) is 0.417. The fourth-order valence-corrected chi connectivity index (χ4v) is 1.66. The van der Waals surface area contributed by atoms with Crippen molar-refractivity contribution in [1.82, 2.24) is 5.32 Å². The van der Waals surface area contributed by atoms with Crippen LogP contribution >= 0.6 is 11.6 Å². The number of carbonyl (C=O) groups excluding carboxylic acids is 1. The highest BCUT2D eigenvalue weighted by atomic mass is 35.5. The van der Waals surface area contributed by atoms with Gasteiger partial charge in [0.25, 0.3) is 11.6 Å². The van der Waals surface area contributed by atoms with Crippen molar-refractivity contribution in [1.29, 1.82) is 0 Å². The molecular formula is C12H15ClN2O4. The molecule has 0 aliphatic rings. The number of nitro benzene ring substituents is 1. The van der Waals surface area contributed by atoms with Gasteiger partial charge < -0.3 is 10.1 Å². The van der Waals surface area contributed by atoms with E-state index < -0.39 is 4.92 Å². The molecule has 0 unspecified atom stereocenters. The summed E-state index contributed by atoms with van der Waals surface area (Å²) in [7, 11) is 1.62. The standard InChI is InChI=1S/C12H15ClN2O4/c1-19-7-3-2-6-14-12(16)9-4-5-10(13)11(8-9)15(17)18/h4-5,8H,2-3,6-7H2,1H3,(H,14,16). The van der Waals surface area contributed by atoms with Gasteiger partial charge in [0.05, 0.1) is 4.92 Å². The highest BCUT2D eigenvalue weighted by molar-refractivity contribution is 6.32. The monoisotopic (exact) mass is 286 g/mol. The van der Waals surface area contributed by atoms with Crippen LogP contribution in [0.2, 0.25) is 5.02 Å². The Kier molecular flexibility index (Phi) is 6.24.